The van der Waals surface area contributed by atoms with Crippen molar-refractivity contribution in [2.24, 2.45) is 0 Å². The molecule has 0 unspecified atom stereocenters. The zero-order valence-electron chi connectivity index (χ0n) is 22.8. The molecule has 6 nitrogen and oxygen atoms in total. The fraction of sp³-hybridized carbons (Fsp3) is 0.536. The van der Waals surface area contributed by atoms with E-state index in [2.05, 4.69) is 4.90 Å². The van der Waals surface area contributed by atoms with E-state index in [-0.39, 0.29) is 31.7 Å². The van der Waals surface area contributed by atoms with Gasteiger partial charge in [0.25, 0.3) is 5.91 Å². The highest BCUT2D eigenvalue weighted by Gasteiger charge is 2.39. The number of hydrogen-bond donors (Lipinski definition) is 0. The lowest BCUT2D eigenvalue weighted by atomic mass is 9.99. The van der Waals surface area contributed by atoms with Crippen LogP contribution >= 0.6 is 0 Å². The molecule has 2 atom stereocenters. The molecule has 0 aliphatic carbocycles. The third kappa shape index (κ3) is 8.17. The molecule has 2 aliphatic rings. The zero-order chi connectivity index (χ0) is 30.7. The van der Waals surface area contributed by atoms with Crippen molar-refractivity contribution in [2.45, 2.75) is 30.9 Å². The number of methoxy groups -OCH3 is 1. The van der Waals surface area contributed by atoms with E-state index < -0.39 is 52.6 Å². The molecule has 0 bridgehead atoms. The minimum Gasteiger partial charge on any atom is -0.382 e. The maximum absolute atomic E-state index is 14.0. The molecule has 42 heavy (non-hydrogen) atoms. The second-order valence-electron chi connectivity index (χ2n) is 10.4. The quantitative estimate of drug-likeness (QED) is 0.406. The van der Waals surface area contributed by atoms with Crippen molar-refractivity contribution < 1.29 is 49.4 Å². The number of morpholine rings is 1. The van der Waals surface area contributed by atoms with Crippen LogP contribution in [0.5, 0.6) is 0 Å². The molecule has 232 valence electrons. The van der Waals surface area contributed by atoms with Crippen LogP contribution in [0, 0.1) is 11.6 Å². The van der Waals surface area contributed by atoms with Crippen molar-refractivity contribution in [1.82, 2.24) is 14.7 Å². The molecule has 1 amide bonds. The first-order chi connectivity index (χ1) is 19.7. The largest absolute Gasteiger partial charge is 0.416 e. The zero-order valence-corrected chi connectivity index (χ0v) is 22.8. The number of nitrogens with zero attached hydrogens (tertiary/aromatic N) is 3. The van der Waals surface area contributed by atoms with E-state index in [1.54, 1.807) is 7.11 Å². The average Bonchev–Trinajstić information content (AvgIpc) is 2.93. The van der Waals surface area contributed by atoms with Gasteiger partial charge < -0.3 is 14.4 Å². The fourth-order valence-electron chi connectivity index (χ4n) is 5.30. The van der Waals surface area contributed by atoms with Gasteiger partial charge in [0, 0.05) is 64.5 Å². The number of benzene rings is 2. The molecule has 2 aliphatic heterocycles. The van der Waals surface area contributed by atoms with Crippen molar-refractivity contribution in [1.29, 1.82) is 0 Å². The Hall–Kier alpha value is -2.81. The van der Waals surface area contributed by atoms with Crippen LogP contribution in [0.3, 0.4) is 0 Å². The van der Waals surface area contributed by atoms with E-state index in [0.717, 1.165) is 12.1 Å². The predicted octanol–water partition coefficient (Wildman–Crippen LogP) is 4.72. The number of piperazine rings is 1. The SMILES string of the molecule is COC[C@@H]1CN(CCN2CCN(C(=O)c3cc(C(F)(F)F)cc(C(F)(F)F)c3)[C@H](Cc3ccc(F)c(F)c3)C2)CCO1. The topological polar surface area (TPSA) is 45.2 Å². The molecule has 0 spiro atoms. The van der Waals surface area contributed by atoms with E-state index in [1.807, 2.05) is 4.90 Å². The Morgan fingerprint density at radius 1 is 0.881 bits per heavy atom. The van der Waals surface area contributed by atoms with Gasteiger partial charge in [0.15, 0.2) is 11.6 Å². The van der Waals surface area contributed by atoms with E-state index in [9.17, 15) is 39.9 Å². The standard InChI is InChI=1S/C28H31F8N3O3/c1-41-17-23-16-38(8-9-42-23)5-4-37-6-7-39(22(15-37)10-18-2-3-24(29)25(30)11-18)26(40)19-12-20(27(31,32)33)14-21(13-19)28(34,35)36/h2-3,11-14,22-23H,4-10,15-17H2,1H3/t22-,23+/m1/s1. The molecule has 2 fully saturated rings. The Morgan fingerprint density at radius 3 is 2.12 bits per heavy atom. The lowest BCUT2D eigenvalue weighted by Gasteiger charge is -2.43. The number of carbonyl (C=O) groups excluding carboxylic acids is 1. The molecule has 2 aromatic rings. The summed E-state index contributed by atoms with van der Waals surface area (Å²) in [4.78, 5) is 18.9. The van der Waals surface area contributed by atoms with Gasteiger partial charge in [-0.05, 0) is 42.3 Å². The summed E-state index contributed by atoms with van der Waals surface area (Å²) in [5.41, 5.74) is -3.60. The molecule has 2 aromatic carbocycles. The van der Waals surface area contributed by atoms with Gasteiger partial charge in [-0.15, -0.1) is 0 Å². The summed E-state index contributed by atoms with van der Waals surface area (Å²) in [6, 6.07) is 3.28. The number of alkyl halides is 6. The van der Waals surface area contributed by atoms with Crippen molar-refractivity contribution in [3.8, 4) is 0 Å². The Kier molecular flexibility index (Phi) is 10.1. The lowest BCUT2D eigenvalue weighted by Crippen LogP contribution is -2.57. The molecule has 2 heterocycles. The van der Waals surface area contributed by atoms with Crippen LogP contribution < -0.4 is 0 Å². The number of rotatable bonds is 8. The minimum absolute atomic E-state index is 0.0119. The monoisotopic (exact) mass is 609 g/mol. The summed E-state index contributed by atoms with van der Waals surface area (Å²) < 4.78 is 119. The molecule has 0 radical (unpaired) electrons. The van der Waals surface area contributed by atoms with Gasteiger partial charge in [0.1, 0.15) is 0 Å². The highest BCUT2D eigenvalue weighted by atomic mass is 19.4. The van der Waals surface area contributed by atoms with Gasteiger partial charge in [-0.3, -0.25) is 14.6 Å². The van der Waals surface area contributed by atoms with Crippen molar-refractivity contribution >= 4 is 5.91 Å². The molecular formula is C28H31F8N3O3. The summed E-state index contributed by atoms with van der Waals surface area (Å²) in [5.74, 6) is -3.18. The molecule has 2 saturated heterocycles. The van der Waals surface area contributed by atoms with Gasteiger partial charge in [-0.25, -0.2) is 8.78 Å². The summed E-state index contributed by atoms with van der Waals surface area (Å²) in [6.07, 6.45) is -10.3. The normalized spacial score (nSPS) is 21.1. The summed E-state index contributed by atoms with van der Waals surface area (Å²) in [5, 5.41) is 0. The first-order valence-electron chi connectivity index (χ1n) is 13.3. The number of carbonyl (C=O) groups is 1. The van der Waals surface area contributed by atoms with Gasteiger partial charge in [0.2, 0.25) is 0 Å². The Labute approximate surface area is 237 Å². The highest BCUT2D eigenvalue weighted by molar-refractivity contribution is 5.95. The Balaban J connectivity index is 1.56. The second kappa shape index (κ2) is 13.2. The van der Waals surface area contributed by atoms with Crippen molar-refractivity contribution in [3.63, 3.8) is 0 Å². The van der Waals surface area contributed by atoms with Crippen molar-refractivity contribution in [2.75, 3.05) is 66.1 Å². The number of amides is 1. The molecule has 14 heteroatoms. The minimum atomic E-state index is -5.11. The molecule has 0 saturated carbocycles. The Morgan fingerprint density at radius 2 is 1.52 bits per heavy atom. The highest BCUT2D eigenvalue weighted by Crippen LogP contribution is 2.37. The van der Waals surface area contributed by atoms with E-state index in [1.165, 1.54) is 11.0 Å². The third-order valence-corrected chi connectivity index (χ3v) is 7.43. The summed E-state index contributed by atoms with van der Waals surface area (Å²) >= 11 is 0. The van der Waals surface area contributed by atoms with Crippen LogP contribution in [0.1, 0.15) is 27.0 Å². The van der Waals surface area contributed by atoms with Crippen LogP contribution in [0.15, 0.2) is 36.4 Å². The van der Waals surface area contributed by atoms with Crippen LogP contribution in [-0.4, -0.2) is 98.9 Å². The maximum Gasteiger partial charge on any atom is 0.416 e. The molecule has 0 aromatic heterocycles. The van der Waals surface area contributed by atoms with Gasteiger partial charge >= 0.3 is 12.4 Å². The van der Waals surface area contributed by atoms with E-state index in [0.29, 0.717) is 63.6 Å². The third-order valence-electron chi connectivity index (χ3n) is 7.43. The fourth-order valence-corrected chi connectivity index (χ4v) is 5.30. The predicted molar refractivity (Wildman–Crippen MR) is 136 cm³/mol. The first-order valence-corrected chi connectivity index (χ1v) is 13.3. The van der Waals surface area contributed by atoms with Crippen LogP contribution in [0.25, 0.3) is 0 Å². The molecular weight excluding hydrogens is 578 g/mol. The van der Waals surface area contributed by atoms with Crippen LogP contribution in [0.4, 0.5) is 35.1 Å². The van der Waals surface area contributed by atoms with E-state index in [4.69, 9.17) is 9.47 Å². The van der Waals surface area contributed by atoms with Gasteiger partial charge in [-0.1, -0.05) is 6.07 Å². The van der Waals surface area contributed by atoms with E-state index >= 15 is 0 Å². The number of ether oxygens (including phenoxy) is 2. The second-order valence-corrected chi connectivity index (χ2v) is 10.4. The summed E-state index contributed by atoms with van der Waals surface area (Å²) in [7, 11) is 1.58. The van der Waals surface area contributed by atoms with Crippen LogP contribution in [0.2, 0.25) is 0 Å². The smallest absolute Gasteiger partial charge is 0.382 e. The average molecular weight is 610 g/mol. The molecule has 4 rings (SSSR count). The lowest BCUT2D eigenvalue weighted by molar-refractivity contribution is -0.143. The first kappa shape index (κ1) is 32.1. The van der Waals surface area contributed by atoms with Gasteiger partial charge in [-0.2, -0.15) is 26.3 Å². The maximum atomic E-state index is 14.0. The van der Waals surface area contributed by atoms with Crippen molar-refractivity contribution in [3.05, 3.63) is 70.3 Å². The number of hydrogen-bond acceptors (Lipinski definition) is 5. The summed E-state index contributed by atoms with van der Waals surface area (Å²) in [6.45, 7) is 4.11. The Bertz CT molecular complexity index is 1210. The number of halogens is 8. The molecule has 0 N–H and O–H groups in total. The van der Waals surface area contributed by atoms with Crippen LogP contribution in [-0.2, 0) is 28.2 Å². The van der Waals surface area contributed by atoms with Gasteiger partial charge in [0.05, 0.1) is 30.4 Å².